The molecule has 118 valence electrons. The van der Waals surface area contributed by atoms with Crippen molar-refractivity contribution in [3.63, 3.8) is 0 Å². The van der Waals surface area contributed by atoms with Crippen LogP contribution in [0.25, 0.3) is 10.2 Å². The van der Waals surface area contributed by atoms with Gasteiger partial charge in [-0.1, -0.05) is 13.8 Å². The number of pyridine rings is 1. The maximum atomic E-state index is 12.3. The fourth-order valence-corrected chi connectivity index (χ4v) is 3.44. The smallest absolute Gasteiger partial charge is 0.287 e. The zero-order valence-electron chi connectivity index (χ0n) is 12.6. The Labute approximate surface area is 135 Å². The SMILES string of the molecule is CC(C)c1csc2nc(Cc3ccc([N+](=O)[O-])cn3)[nH]c(=O)c12. The highest BCUT2D eigenvalue weighted by molar-refractivity contribution is 7.16. The number of thiophene rings is 1. The van der Waals surface area contributed by atoms with Gasteiger partial charge in [0.1, 0.15) is 16.9 Å². The number of aromatic nitrogens is 3. The van der Waals surface area contributed by atoms with Gasteiger partial charge in [0.25, 0.3) is 11.2 Å². The maximum Gasteiger partial charge on any atom is 0.287 e. The first-order valence-electron chi connectivity index (χ1n) is 7.05. The Bertz CT molecular complexity index is 928. The van der Waals surface area contributed by atoms with Gasteiger partial charge in [-0.05, 0) is 22.9 Å². The average Bonchev–Trinajstić information content (AvgIpc) is 2.92. The van der Waals surface area contributed by atoms with Crippen LogP contribution in [0.1, 0.15) is 36.8 Å². The molecule has 8 heteroatoms. The van der Waals surface area contributed by atoms with Crippen molar-refractivity contribution in [3.05, 3.63) is 61.3 Å². The van der Waals surface area contributed by atoms with Gasteiger partial charge in [-0.15, -0.1) is 11.3 Å². The Morgan fingerprint density at radius 1 is 1.39 bits per heavy atom. The Morgan fingerprint density at radius 3 is 2.78 bits per heavy atom. The summed E-state index contributed by atoms with van der Waals surface area (Å²) in [7, 11) is 0. The van der Waals surface area contributed by atoms with Crippen molar-refractivity contribution < 1.29 is 4.92 Å². The highest BCUT2D eigenvalue weighted by Gasteiger charge is 2.14. The zero-order valence-corrected chi connectivity index (χ0v) is 13.4. The van der Waals surface area contributed by atoms with Crippen molar-refractivity contribution in [3.8, 4) is 0 Å². The molecule has 3 heterocycles. The van der Waals surface area contributed by atoms with Crippen LogP contribution in [0.15, 0.2) is 28.5 Å². The van der Waals surface area contributed by atoms with Gasteiger partial charge in [0, 0.05) is 18.2 Å². The summed E-state index contributed by atoms with van der Waals surface area (Å²) in [6.07, 6.45) is 1.52. The molecule has 0 bridgehead atoms. The van der Waals surface area contributed by atoms with E-state index in [1.54, 1.807) is 6.07 Å². The summed E-state index contributed by atoms with van der Waals surface area (Å²) in [5.74, 6) is 0.759. The number of aromatic amines is 1. The molecule has 7 nitrogen and oxygen atoms in total. The molecule has 0 atom stereocenters. The molecule has 0 aliphatic heterocycles. The molecule has 0 spiro atoms. The lowest BCUT2D eigenvalue weighted by molar-refractivity contribution is -0.385. The Balaban J connectivity index is 1.95. The van der Waals surface area contributed by atoms with Crippen LogP contribution in [0.5, 0.6) is 0 Å². The maximum absolute atomic E-state index is 12.3. The van der Waals surface area contributed by atoms with E-state index in [1.165, 1.54) is 23.6 Å². The number of rotatable bonds is 4. The third-order valence-electron chi connectivity index (χ3n) is 3.51. The van der Waals surface area contributed by atoms with Crippen molar-refractivity contribution in [2.24, 2.45) is 0 Å². The Morgan fingerprint density at radius 2 is 2.17 bits per heavy atom. The van der Waals surface area contributed by atoms with Gasteiger partial charge in [-0.3, -0.25) is 19.9 Å². The average molecular weight is 330 g/mol. The van der Waals surface area contributed by atoms with E-state index in [9.17, 15) is 14.9 Å². The monoisotopic (exact) mass is 330 g/mol. The highest BCUT2D eigenvalue weighted by atomic mass is 32.1. The van der Waals surface area contributed by atoms with E-state index in [-0.39, 0.29) is 17.2 Å². The van der Waals surface area contributed by atoms with Crippen LogP contribution in [0.4, 0.5) is 5.69 Å². The Hall–Kier alpha value is -2.61. The summed E-state index contributed by atoms with van der Waals surface area (Å²) in [6.45, 7) is 4.07. The molecule has 0 aliphatic rings. The standard InChI is InChI=1S/C15H14N4O3S/c1-8(2)11-7-23-15-13(11)14(20)17-12(18-15)5-9-3-4-10(6-16-9)19(21)22/h3-4,6-8H,5H2,1-2H3,(H,17,18,20). The quantitative estimate of drug-likeness (QED) is 0.585. The largest absolute Gasteiger partial charge is 0.310 e. The molecule has 3 aromatic heterocycles. The third-order valence-corrected chi connectivity index (χ3v) is 4.40. The molecule has 23 heavy (non-hydrogen) atoms. The van der Waals surface area contributed by atoms with Gasteiger partial charge < -0.3 is 4.98 Å². The van der Waals surface area contributed by atoms with Gasteiger partial charge in [-0.2, -0.15) is 0 Å². The lowest BCUT2D eigenvalue weighted by Gasteiger charge is -2.03. The molecule has 3 rings (SSSR count). The summed E-state index contributed by atoms with van der Waals surface area (Å²) in [4.78, 5) is 34.5. The first-order chi connectivity index (χ1) is 11.0. The molecule has 0 radical (unpaired) electrons. The van der Waals surface area contributed by atoms with Crippen LogP contribution in [-0.4, -0.2) is 19.9 Å². The molecule has 0 aliphatic carbocycles. The van der Waals surface area contributed by atoms with Gasteiger partial charge in [-0.25, -0.2) is 4.98 Å². The molecule has 0 aromatic carbocycles. The van der Waals surface area contributed by atoms with E-state index >= 15 is 0 Å². The van der Waals surface area contributed by atoms with Crippen LogP contribution in [0, 0.1) is 10.1 Å². The minimum Gasteiger partial charge on any atom is -0.310 e. The molecule has 1 N–H and O–H groups in total. The van der Waals surface area contributed by atoms with Gasteiger partial charge in [0.15, 0.2) is 0 Å². The number of H-pyrrole nitrogens is 1. The molecule has 3 aromatic rings. The molecular formula is C15H14N4O3S. The first-order valence-corrected chi connectivity index (χ1v) is 7.93. The van der Waals surface area contributed by atoms with E-state index in [4.69, 9.17) is 0 Å². The van der Waals surface area contributed by atoms with Crippen LogP contribution in [0.3, 0.4) is 0 Å². The van der Waals surface area contributed by atoms with E-state index in [0.29, 0.717) is 28.2 Å². The first kappa shape index (κ1) is 15.3. The predicted molar refractivity (Wildman–Crippen MR) is 88.0 cm³/mol. The number of nitro groups is 1. The van der Waals surface area contributed by atoms with E-state index in [0.717, 1.165) is 5.56 Å². The lowest BCUT2D eigenvalue weighted by atomic mass is 10.0. The topological polar surface area (TPSA) is 102 Å². The number of nitrogens with one attached hydrogen (secondary N) is 1. The summed E-state index contributed by atoms with van der Waals surface area (Å²) < 4.78 is 0. The molecule has 0 fully saturated rings. The van der Waals surface area contributed by atoms with Gasteiger partial charge >= 0.3 is 0 Å². The van der Waals surface area contributed by atoms with Gasteiger partial charge in [0.05, 0.1) is 10.3 Å². The van der Waals surface area contributed by atoms with Crippen LogP contribution < -0.4 is 5.56 Å². The van der Waals surface area contributed by atoms with Crippen molar-refractivity contribution in [1.82, 2.24) is 15.0 Å². The lowest BCUT2D eigenvalue weighted by Crippen LogP contribution is -2.13. The summed E-state index contributed by atoms with van der Waals surface area (Å²) >= 11 is 1.45. The number of nitrogens with zero attached hydrogens (tertiary/aromatic N) is 3. The second kappa shape index (κ2) is 5.88. The van der Waals surface area contributed by atoms with Crippen LogP contribution >= 0.6 is 11.3 Å². The molecule has 0 saturated carbocycles. The van der Waals surface area contributed by atoms with Crippen molar-refractivity contribution in [2.45, 2.75) is 26.2 Å². The van der Waals surface area contributed by atoms with Crippen molar-refractivity contribution in [1.29, 1.82) is 0 Å². The van der Waals surface area contributed by atoms with E-state index in [2.05, 4.69) is 15.0 Å². The highest BCUT2D eigenvalue weighted by Crippen LogP contribution is 2.27. The number of hydrogen-bond donors (Lipinski definition) is 1. The minimum atomic E-state index is -0.498. The minimum absolute atomic E-state index is 0.0644. The Kier molecular flexibility index (Phi) is 3.91. The molecule has 0 unspecified atom stereocenters. The van der Waals surface area contributed by atoms with Crippen LogP contribution in [0.2, 0.25) is 0 Å². The van der Waals surface area contributed by atoms with Crippen LogP contribution in [-0.2, 0) is 6.42 Å². The predicted octanol–water partition coefficient (Wildman–Crippen LogP) is 3.00. The van der Waals surface area contributed by atoms with E-state index < -0.39 is 4.92 Å². The second-order valence-electron chi connectivity index (χ2n) is 5.48. The third kappa shape index (κ3) is 2.98. The molecule has 0 saturated heterocycles. The summed E-state index contributed by atoms with van der Waals surface area (Å²) in [5, 5.41) is 13.2. The van der Waals surface area contributed by atoms with Crippen molar-refractivity contribution >= 4 is 27.2 Å². The molecular weight excluding hydrogens is 316 g/mol. The normalized spacial score (nSPS) is 11.3. The van der Waals surface area contributed by atoms with E-state index in [1.807, 2.05) is 19.2 Å². The fourth-order valence-electron chi connectivity index (χ4n) is 2.32. The summed E-state index contributed by atoms with van der Waals surface area (Å²) in [5.41, 5.74) is 1.39. The molecule has 0 amide bonds. The summed E-state index contributed by atoms with van der Waals surface area (Å²) in [6, 6.07) is 2.96. The van der Waals surface area contributed by atoms with Crippen molar-refractivity contribution in [2.75, 3.05) is 0 Å². The zero-order chi connectivity index (χ0) is 16.6. The number of hydrogen-bond acceptors (Lipinski definition) is 6. The fraction of sp³-hybridized carbons (Fsp3) is 0.267. The number of fused-ring (bicyclic) bond motifs is 1. The van der Waals surface area contributed by atoms with Gasteiger partial charge in [0.2, 0.25) is 0 Å². The second-order valence-corrected chi connectivity index (χ2v) is 6.34.